The first-order valence-electron chi connectivity index (χ1n) is 5.56. The van der Waals surface area contributed by atoms with E-state index in [0.29, 0.717) is 12.1 Å². The van der Waals surface area contributed by atoms with Crippen molar-refractivity contribution in [2.24, 2.45) is 0 Å². The zero-order valence-electron chi connectivity index (χ0n) is 10.5. The highest BCUT2D eigenvalue weighted by Crippen LogP contribution is 2.23. The van der Waals surface area contributed by atoms with Crippen LogP contribution in [-0.4, -0.2) is 27.9 Å². The standard InChI is InChI=1S/C12H10F2N2O5/c1-2-3-7(12(18)19)15-11(17)9-6(13)4-5-8(10(9)14)16(20)21/h2,4-5,7H,1,3H2,(H,15,17)(H,18,19). The van der Waals surface area contributed by atoms with E-state index in [-0.39, 0.29) is 6.42 Å². The van der Waals surface area contributed by atoms with Gasteiger partial charge in [-0.1, -0.05) is 6.08 Å². The predicted molar refractivity (Wildman–Crippen MR) is 66.7 cm³/mol. The van der Waals surface area contributed by atoms with Crippen LogP contribution < -0.4 is 5.32 Å². The molecule has 0 aromatic heterocycles. The minimum absolute atomic E-state index is 0.181. The highest BCUT2D eigenvalue weighted by Gasteiger charge is 2.28. The highest BCUT2D eigenvalue weighted by atomic mass is 19.1. The third-order valence-corrected chi connectivity index (χ3v) is 2.50. The molecule has 0 bridgehead atoms. The topological polar surface area (TPSA) is 110 Å². The number of aliphatic carboxylic acids is 1. The summed E-state index contributed by atoms with van der Waals surface area (Å²) < 4.78 is 27.3. The van der Waals surface area contributed by atoms with Gasteiger partial charge in [0.2, 0.25) is 5.82 Å². The molecule has 0 aliphatic rings. The van der Waals surface area contributed by atoms with Crippen molar-refractivity contribution in [3.8, 4) is 0 Å². The van der Waals surface area contributed by atoms with Crippen molar-refractivity contribution in [3.63, 3.8) is 0 Å². The number of nitrogens with one attached hydrogen (secondary N) is 1. The Balaban J connectivity index is 3.18. The van der Waals surface area contributed by atoms with Crippen LogP contribution in [-0.2, 0) is 4.79 Å². The smallest absolute Gasteiger partial charge is 0.326 e. The number of benzene rings is 1. The maximum atomic E-state index is 13.8. The van der Waals surface area contributed by atoms with Gasteiger partial charge in [-0.25, -0.2) is 9.18 Å². The molecular formula is C12H10F2N2O5. The quantitative estimate of drug-likeness (QED) is 0.471. The fourth-order valence-corrected chi connectivity index (χ4v) is 1.51. The molecule has 2 N–H and O–H groups in total. The van der Waals surface area contributed by atoms with Crippen molar-refractivity contribution in [1.82, 2.24) is 5.32 Å². The van der Waals surface area contributed by atoms with Gasteiger partial charge in [-0.2, -0.15) is 4.39 Å². The van der Waals surface area contributed by atoms with E-state index in [2.05, 4.69) is 6.58 Å². The van der Waals surface area contributed by atoms with Gasteiger partial charge >= 0.3 is 11.7 Å². The van der Waals surface area contributed by atoms with Crippen molar-refractivity contribution >= 4 is 17.6 Å². The number of nitrogens with zero attached hydrogens (tertiary/aromatic N) is 1. The van der Waals surface area contributed by atoms with E-state index in [1.807, 2.05) is 5.32 Å². The van der Waals surface area contributed by atoms with E-state index in [9.17, 15) is 28.5 Å². The normalized spacial score (nSPS) is 11.5. The Kier molecular flexibility index (Phi) is 5.06. The minimum Gasteiger partial charge on any atom is -0.480 e. The van der Waals surface area contributed by atoms with Crippen LogP contribution in [0.15, 0.2) is 24.8 Å². The van der Waals surface area contributed by atoms with Gasteiger partial charge < -0.3 is 10.4 Å². The molecule has 1 rings (SSSR count). The number of halogens is 2. The molecule has 0 spiro atoms. The van der Waals surface area contributed by atoms with Crippen LogP contribution in [0.2, 0.25) is 0 Å². The molecule has 7 nitrogen and oxygen atoms in total. The van der Waals surface area contributed by atoms with Crippen molar-refractivity contribution in [2.45, 2.75) is 12.5 Å². The summed E-state index contributed by atoms with van der Waals surface area (Å²) in [6.45, 7) is 3.28. The minimum atomic E-state index is -1.67. The third-order valence-electron chi connectivity index (χ3n) is 2.50. The second-order valence-electron chi connectivity index (χ2n) is 3.90. The summed E-state index contributed by atoms with van der Waals surface area (Å²) in [5, 5.41) is 21.2. The van der Waals surface area contributed by atoms with Crippen LogP contribution in [0.1, 0.15) is 16.8 Å². The molecule has 21 heavy (non-hydrogen) atoms. The van der Waals surface area contributed by atoms with Crippen molar-refractivity contribution in [1.29, 1.82) is 0 Å². The Bertz CT molecular complexity index is 618. The number of carboxylic acid groups (broad SMARTS) is 1. The molecule has 0 aliphatic heterocycles. The Morgan fingerprint density at radius 2 is 2.10 bits per heavy atom. The summed E-state index contributed by atoms with van der Waals surface area (Å²) in [5.41, 5.74) is -2.29. The number of nitro benzene ring substituents is 1. The number of carbonyl (C=O) groups is 2. The summed E-state index contributed by atoms with van der Waals surface area (Å²) >= 11 is 0. The molecular weight excluding hydrogens is 290 g/mol. The summed E-state index contributed by atoms with van der Waals surface area (Å²) in [6, 6.07) is -0.327. The molecule has 1 aromatic rings. The molecule has 1 atom stereocenters. The SMILES string of the molecule is C=CCC(NC(=O)c1c(F)ccc([N+](=O)[O-])c1F)C(=O)O. The lowest BCUT2D eigenvalue weighted by atomic mass is 10.1. The van der Waals surface area contributed by atoms with Gasteiger partial charge in [0.1, 0.15) is 17.4 Å². The van der Waals surface area contributed by atoms with Gasteiger partial charge in [0.15, 0.2) is 0 Å². The summed E-state index contributed by atoms with van der Waals surface area (Å²) in [6.07, 6.45) is 1.01. The number of hydrogen-bond acceptors (Lipinski definition) is 4. The fraction of sp³-hybridized carbons (Fsp3) is 0.167. The zero-order chi connectivity index (χ0) is 16.2. The molecule has 0 heterocycles. The molecule has 112 valence electrons. The van der Waals surface area contributed by atoms with E-state index in [0.717, 1.165) is 0 Å². The summed E-state index contributed by atoms with van der Waals surface area (Å²) in [4.78, 5) is 32.0. The van der Waals surface area contributed by atoms with Crippen LogP contribution in [0.3, 0.4) is 0 Å². The second kappa shape index (κ2) is 6.55. The average molecular weight is 300 g/mol. The van der Waals surface area contributed by atoms with Gasteiger partial charge in [0.25, 0.3) is 5.91 Å². The Labute approximate surface area is 117 Å². The number of carbonyl (C=O) groups excluding carboxylic acids is 1. The van der Waals surface area contributed by atoms with Crippen LogP contribution in [0.25, 0.3) is 0 Å². The number of amides is 1. The predicted octanol–water partition coefficient (Wildman–Crippen LogP) is 1.63. The molecule has 1 amide bonds. The Hall–Kier alpha value is -2.84. The lowest BCUT2D eigenvalue weighted by molar-refractivity contribution is -0.387. The van der Waals surface area contributed by atoms with E-state index in [1.54, 1.807) is 0 Å². The number of hydrogen-bond donors (Lipinski definition) is 2. The van der Waals surface area contributed by atoms with Crippen molar-refractivity contribution in [3.05, 3.63) is 52.1 Å². The van der Waals surface area contributed by atoms with Crippen LogP contribution in [0.4, 0.5) is 14.5 Å². The first-order valence-corrected chi connectivity index (χ1v) is 5.56. The highest BCUT2D eigenvalue weighted by molar-refractivity contribution is 5.97. The summed E-state index contributed by atoms with van der Waals surface area (Å²) in [7, 11) is 0. The molecule has 0 saturated carbocycles. The molecule has 1 unspecified atom stereocenters. The van der Waals surface area contributed by atoms with E-state index in [4.69, 9.17) is 5.11 Å². The average Bonchev–Trinajstić information content (AvgIpc) is 2.37. The molecule has 0 fully saturated rings. The lowest BCUT2D eigenvalue weighted by Gasteiger charge is -2.13. The molecule has 0 radical (unpaired) electrons. The fourth-order valence-electron chi connectivity index (χ4n) is 1.51. The first-order chi connectivity index (χ1) is 9.79. The van der Waals surface area contributed by atoms with Gasteiger partial charge in [-0.3, -0.25) is 14.9 Å². The van der Waals surface area contributed by atoms with Gasteiger partial charge in [0, 0.05) is 6.07 Å². The van der Waals surface area contributed by atoms with Gasteiger partial charge in [-0.05, 0) is 12.5 Å². The van der Waals surface area contributed by atoms with Crippen molar-refractivity contribution in [2.75, 3.05) is 0 Å². The number of carboxylic acids is 1. The van der Waals surface area contributed by atoms with Crippen molar-refractivity contribution < 1.29 is 28.4 Å². The lowest BCUT2D eigenvalue weighted by Crippen LogP contribution is -2.41. The maximum absolute atomic E-state index is 13.8. The zero-order valence-corrected chi connectivity index (χ0v) is 10.5. The number of nitro groups is 1. The molecule has 1 aromatic carbocycles. The monoisotopic (exact) mass is 300 g/mol. The molecule has 9 heteroatoms. The van der Waals surface area contributed by atoms with Crippen LogP contribution in [0.5, 0.6) is 0 Å². The van der Waals surface area contributed by atoms with E-state index < -0.39 is 45.7 Å². The van der Waals surface area contributed by atoms with E-state index >= 15 is 0 Å². The van der Waals surface area contributed by atoms with Gasteiger partial charge in [-0.15, -0.1) is 6.58 Å². The Morgan fingerprint density at radius 3 is 2.57 bits per heavy atom. The van der Waals surface area contributed by atoms with Crippen LogP contribution in [0, 0.1) is 21.7 Å². The Morgan fingerprint density at radius 1 is 1.48 bits per heavy atom. The second-order valence-corrected chi connectivity index (χ2v) is 3.90. The first kappa shape index (κ1) is 16.2. The van der Waals surface area contributed by atoms with Crippen LogP contribution >= 0.6 is 0 Å². The summed E-state index contributed by atoms with van der Waals surface area (Å²) in [5.74, 6) is -5.84. The molecule has 0 aliphatic carbocycles. The molecule has 0 saturated heterocycles. The van der Waals surface area contributed by atoms with E-state index in [1.165, 1.54) is 6.08 Å². The maximum Gasteiger partial charge on any atom is 0.326 e. The largest absolute Gasteiger partial charge is 0.480 e. The van der Waals surface area contributed by atoms with Gasteiger partial charge in [0.05, 0.1) is 4.92 Å². The third kappa shape index (κ3) is 3.59. The number of rotatable bonds is 6.